The second kappa shape index (κ2) is 5.80. The number of nitrogens with two attached hydrogens (primary N) is 1. The predicted molar refractivity (Wildman–Crippen MR) is 67.1 cm³/mol. The van der Waals surface area contributed by atoms with Crippen LogP contribution < -0.4 is 5.73 Å². The van der Waals surface area contributed by atoms with E-state index < -0.39 is 11.6 Å². The minimum atomic E-state index is -0.799. The van der Waals surface area contributed by atoms with Crippen molar-refractivity contribution in [1.29, 1.82) is 0 Å². The molecule has 0 aromatic heterocycles. The maximum Gasteiger partial charge on any atom is 0.163 e. The minimum Gasteiger partial charge on any atom is -0.329 e. The summed E-state index contributed by atoms with van der Waals surface area (Å²) in [6.07, 6.45) is 0. The number of thioether (sulfide) groups is 1. The zero-order valence-electron chi connectivity index (χ0n) is 9.53. The van der Waals surface area contributed by atoms with Crippen LogP contribution in [-0.2, 0) is 0 Å². The highest BCUT2D eigenvalue weighted by Gasteiger charge is 2.24. The maximum atomic E-state index is 13.7. The zero-order valence-corrected chi connectivity index (χ0v) is 10.4. The number of halogens is 2. The van der Waals surface area contributed by atoms with Gasteiger partial charge in [-0.05, 0) is 6.07 Å². The Kier molecular flexibility index (Phi) is 4.36. The van der Waals surface area contributed by atoms with Crippen molar-refractivity contribution in [1.82, 2.24) is 4.90 Å². The van der Waals surface area contributed by atoms with Gasteiger partial charge in [0.05, 0.1) is 6.04 Å². The molecule has 2 N–H and O–H groups in total. The fourth-order valence-corrected chi connectivity index (χ4v) is 3.07. The summed E-state index contributed by atoms with van der Waals surface area (Å²) >= 11 is 1.88. The van der Waals surface area contributed by atoms with Crippen molar-refractivity contribution < 1.29 is 8.78 Å². The van der Waals surface area contributed by atoms with Gasteiger partial charge in [-0.2, -0.15) is 11.8 Å². The van der Waals surface area contributed by atoms with Crippen LogP contribution in [0.5, 0.6) is 0 Å². The van der Waals surface area contributed by atoms with Crippen molar-refractivity contribution in [2.24, 2.45) is 5.73 Å². The molecule has 0 bridgehead atoms. The molecule has 0 radical (unpaired) electrons. The zero-order chi connectivity index (χ0) is 12.3. The van der Waals surface area contributed by atoms with E-state index in [-0.39, 0.29) is 6.04 Å². The molecular formula is C12H16F2N2S. The quantitative estimate of drug-likeness (QED) is 0.899. The molecule has 0 amide bonds. The summed E-state index contributed by atoms with van der Waals surface area (Å²) in [5, 5.41) is 0. The molecule has 1 aliphatic rings. The molecule has 1 saturated heterocycles. The van der Waals surface area contributed by atoms with Crippen LogP contribution in [0.15, 0.2) is 18.2 Å². The Morgan fingerprint density at radius 3 is 2.65 bits per heavy atom. The number of nitrogens with zero attached hydrogens (tertiary/aromatic N) is 1. The van der Waals surface area contributed by atoms with E-state index in [1.54, 1.807) is 6.07 Å². The molecule has 0 aliphatic carbocycles. The van der Waals surface area contributed by atoms with Gasteiger partial charge in [0.25, 0.3) is 0 Å². The Bertz CT molecular complexity index is 381. The Labute approximate surface area is 104 Å². The average Bonchev–Trinajstić information content (AvgIpc) is 2.37. The van der Waals surface area contributed by atoms with E-state index in [4.69, 9.17) is 5.73 Å². The number of hydrogen-bond donors (Lipinski definition) is 1. The fourth-order valence-electron chi connectivity index (χ4n) is 2.14. The second-order valence-corrected chi connectivity index (χ2v) is 5.27. The lowest BCUT2D eigenvalue weighted by Gasteiger charge is -2.34. The first-order valence-electron chi connectivity index (χ1n) is 5.70. The molecule has 17 heavy (non-hydrogen) atoms. The standard InChI is InChI=1S/C12H16F2N2S/c13-10-3-1-2-9(12(10)14)11(8-15)16-4-6-17-7-5-16/h1-3,11H,4-8,15H2. The van der Waals surface area contributed by atoms with Crippen molar-refractivity contribution in [2.45, 2.75) is 6.04 Å². The number of hydrogen-bond acceptors (Lipinski definition) is 3. The average molecular weight is 258 g/mol. The summed E-state index contributed by atoms with van der Waals surface area (Å²) in [4.78, 5) is 2.13. The highest BCUT2D eigenvalue weighted by atomic mass is 32.2. The minimum absolute atomic E-state index is 0.216. The van der Waals surface area contributed by atoms with E-state index in [1.807, 2.05) is 11.8 Å². The van der Waals surface area contributed by atoms with Crippen LogP contribution >= 0.6 is 11.8 Å². The van der Waals surface area contributed by atoms with Gasteiger partial charge in [0.1, 0.15) is 0 Å². The fraction of sp³-hybridized carbons (Fsp3) is 0.500. The lowest BCUT2D eigenvalue weighted by molar-refractivity contribution is 0.217. The molecule has 2 nitrogen and oxygen atoms in total. The van der Waals surface area contributed by atoms with Crippen LogP contribution in [0, 0.1) is 11.6 Å². The Balaban J connectivity index is 2.24. The third kappa shape index (κ3) is 2.78. The molecule has 1 aliphatic heterocycles. The van der Waals surface area contributed by atoms with Gasteiger partial charge in [0, 0.05) is 36.7 Å². The summed E-state index contributed by atoms with van der Waals surface area (Å²) < 4.78 is 26.9. The first kappa shape index (κ1) is 12.8. The topological polar surface area (TPSA) is 29.3 Å². The molecule has 1 aromatic rings. The van der Waals surface area contributed by atoms with Crippen LogP contribution in [0.3, 0.4) is 0 Å². The summed E-state index contributed by atoms with van der Waals surface area (Å²) in [5.74, 6) is 0.481. The Hall–Kier alpha value is -0.650. The van der Waals surface area contributed by atoms with Crippen LogP contribution in [-0.4, -0.2) is 36.0 Å². The lowest BCUT2D eigenvalue weighted by atomic mass is 10.0. The lowest BCUT2D eigenvalue weighted by Crippen LogP contribution is -2.39. The second-order valence-electron chi connectivity index (χ2n) is 4.04. The normalized spacial score (nSPS) is 19.2. The monoisotopic (exact) mass is 258 g/mol. The van der Waals surface area contributed by atoms with Crippen LogP contribution in [0.25, 0.3) is 0 Å². The third-order valence-electron chi connectivity index (χ3n) is 3.05. The first-order chi connectivity index (χ1) is 8.24. The highest BCUT2D eigenvalue weighted by molar-refractivity contribution is 7.99. The van der Waals surface area contributed by atoms with Crippen LogP contribution in [0.4, 0.5) is 8.78 Å². The SMILES string of the molecule is NCC(c1cccc(F)c1F)N1CCSCC1. The Morgan fingerprint density at radius 2 is 2.00 bits per heavy atom. The maximum absolute atomic E-state index is 13.7. The van der Waals surface area contributed by atoms with E-state index >= 15 is 0 Å². The van der Waals surface area contributed by atoms with Crippen molar-refractivity contribution in [3.05, 3.63) is 35.4 Å². The van der Waals surface area contributed by atoms with Crippen LogP contribution in [0.1, 0.15) is 11.6 Å². The Morgan fingerprint density at radius 1 is 1.29 bits per heavy atom. The van der Waals surface area contributed by atoms with E-state index in [0.29, 0.717) is 12.1 Å². The molecular weight excluding hydrogens is 242 g/mol. The highest BCUT2D eigenvalue weighted by Crippen LogP contribution is 2.26. The van der Waals surface area contributed by atoms with Gasteiger partial charge in [-0.25, -0.2) is 8.78 Å². The van der Waals surface area contributed by atoms with Crippen molar-refractivity contribution >= 4 is 11.8 Å². The molecule has 5 heteroatoms. The molecule has 0 spiro atoms. The molecule has 1 atom stereocenters. The van der Waals surface area contributed by atoms with Crippen molar-refractivity contribution in [2.75, 3.05) is 31.1 Å². The summed E-state index contributed by atoms with van der Waals surface area (Å²) in [6, 6.07) is 4.08. The van der Waals surface area contributed by atoms with Gasteiger partial charge in [-0.3, -0.25) is 4.90 Å². The van der Waals surface area contributed by atoms with Crippen molar-refractivity contribution in [3.63, 3.8) is 0 Å². The van der Waals surface area contributed by atoms with Gasteiger partial charge in [0.15, 0.2) is 11.6 Å². The summed E-state index contributed by atoms with van der Waals surface area (Å²) in [7, 11) is 0. The molecule has 1 unspecified atom stereocenters. The third-order valence-corrected chi connectivity index (χ3v) is 3.99. The van der Waals surface area contributed by atoms with E-state index in [9.17, 15) is 8.78 Å². The van der Waals surface area contributed by atoms with E-state index in [0.717, 1.165) is 30.7 Å². The van der Waals surface area contributed by atoms with E-state index in [2.05, 4.69) is 4.90 Å². The largest absolute Gasteiger partial charge is 0.329 e. The predicted octanol–water partition coefficient (Wildman–Crippen LogP) is 2.01. The van der Waals surface area contributed by atoms with Crippen LogP contribution in [0.2, 0.25) is 0 Å². The summed E-state index contributed by atoms with van der Waals surface area (Å²) in [5.41, 5.74) is 6.09. The van der Waals surface area contributed by atoms with Gasteiger partial charge in [-0.15, -0.1) is 0 Å². The molecule has 0 saturated carbocycles. The molecule has 1 fully saturated rings. The smallest absolute Gasteiger partial charge is 0.163 e. The van der Waals surface area contributed by atoms with Gasteiger partial charge < -0.3 is 5.73 Å². The first-order valence-corrected chi connectivity index (χ1v) is 6.85. The van der Waals surface area contributed by atoms with Gasteiger partial charge in [-0.1, -0.05) is 12.1 Å². The molecule has 2 rings (SSSR count). The van der Waals surface area contributed by atoms with Crippen molar-refractivity contribution in [3.8, 4) is 0 Å². The van der Waals surface area contributed by atoms with E-state index in [1.165, 1.54) is 6.07 Å². The number of benzene rings is 1. The number of rotatable bonds is 3. The molecule has 94 valence electrons. The molecule has 1 heterocycles. The molecule has 1 aromatic carbocycles. The van der Waals surface area contributed by atoms with Gasteiger partial charge >= 0.3 is 0 Å². The van der Waals surface area contributed by atoms with Gasteiger partial charge in [0.2, 0.25) is 0 Å². The summed E-state index contributed by atoms with van der Waals surface area (Å²) in [6.45, 7) is 2.07.